The van der Waals surface area contributed by atoms with E-state index in [2.05, 4.69) is 21.3 Å². The highest BCUT2D eigenvalue weighted by atomic mass is 16.3. The molecule has 2 heterocycles. The monoisotopic (exact) mass is 261 g/mol. The van der Waals surface area contributed by atoms with Crippen LogP contribution in [-0.4, -0.2) is 41.9 Å². The Morgan fingerprint density at radius 1 is 1.26 bits per heavy atom. The first kappa shape index (κ1) is 12.9. The molecule has 19 heavy (non-hydrogen) atoms. The van der Waals surface area contributed by atoms with E-state index in [1.807, 2.05) is 18.3 Å². The van der Waals surface area contributed by atoms with Crippen molar-refractivity contribution in [2.75, 3.05) is 24.5 Å². The van der Waals surface area contributed by atoms with Gasteiger partial charge in [0.25, 0.3) is 0 Å². The normalized spacial score (nSPS) is 22.5. The molecule has 0 aromatic carbocycles. The number of nitrogens with zero attached hydrogens (tertiary/aromatic N) is 2. The number of aliphatic hydroxyl groups excluding tert-OH is 1. The number of nitrogens with one attached hydrogen (secondary N) is 1. The minimum absolute atomic E-state index is 0.131. The minimum Gasteiger partial charge on any atom is -0.392 e. The van der Waals surface area contributed by atoms with Crippen molar-refractivity contribution in [2.24, 2.45) is 5.92 Å². The zero-order valence-electron chi connectivity index (χ0n) is 11.3. The van der Waals surface area contributed by atoms with E-state index >= 15 is 0 Å². The molecular weight excluding hydrogens is 238 g/mol. The van der Waals surface area contributed by atoms with Crippen molar-refractivity contribution >= 4 is 5.82 Å². The summed E-state index contributed by atoms with van der Waals surface area (Å²) in [6, 6.07) is 6.62. The van der Waals surface area contributed by atoms with E-state index in [9.17, 15) is 5.11 Å². The smallest absolute Gasteiger partial charge is 0.128 e. The van der Waals surface area contributed by atoms with E-state index in [1.54, 1.807) is 0 Å². The summed E-state index contributed by atoms with van der Waals surface area (Å²) in [6.45, 7) is 2.86. The molecule has 1 saturated heterocycles. The van der Waals surface area contributed by atoms with Crippen LogP contribution in [0.4, 0.5) is 5.82 Å². The molecule has 1 saturated carbocycles. The molecule has 1 atom stereocenters. The number of hydrogen-bond donors (Lipinski definition) is 2. The summed E-state index contributed by atoms with van der Waals surface area (Å²) in [4.78, 5) is 6.74. The van der Waals surface area contributed by atoms with Crippen molar-refractivity contribution in [3.63, 3.8) is 0 Å². The maximum atomic E-state index is 9.87. The Hall–Kier alpha value is -1.13. The van der Waals surface area contributed by atoms with Crippen LogP contribution in [0.5, 0.6) is 0 Å². The Bertz CT molecular complexity index is 386. The fourth-order valence-corrected chi connectivity index (χ4v) is 2.79. The van der Waals surface area contributed by atoms with Gasteiger partial charge in [-0.2, -0.15) is 0 Å². The maximum Gasteiger partial charge on any atom is 0.128 e. The van der Waals surface area contributed by atoms with Crippen LogP contribution in [-0.2, 0) is 0 Å². The molecule has 1 aromatic heterocycles. The average Bonchev–Trinajstić information content (AvgIpc) is 3.31. The Morgan fingerprint density at radius 3 is 2.68 bits per heavy atom. The van der Waals surface area contributed by atoms with Gasteiger partial charge in [0.15, 0.2) is 0 Å². The van der Waals surface area contributed by atoms with Gasteiger partial charge >= 0.3 is 0 Å². The molecule has 2 fully saturated rings. The van der Waals surface area contributed by atoms with Crippen LogP contribution in [0.2, 0.25) is 0 Å². The Labute approximate surface area is 114 Å². The van der Waals surface area contributed by atoms with Gasteiger partial charge in [-0.3, -0.25) is 0 Å². The summed E-state index contributed by atoms with van der Waals surface area (Å²) in [5.41, 5.74) is 0. The average molecular weight is 261 g/mol. The molecule has 1 aromatic rings. The van der Waals surface area contributed by atoms with Crippen LogP contribution in [0.15, 0.2) is 24.4 Å². The highest BCUT2D eigenvalue weighted by molar-refractivity contribution is 5.38. The van der Waals surface area contributed by atoms with Crippen molar-refractivity contribution < 1.29 is 5.11 Å². The molecule has 3 rings (SSSR count). The number of rotatable bonds is 5. The lowest BCUT2D eigenvalue weighted by Gasteiger charge is -2.33. The van der Waals surface area contributed by atoms with Crippen molar-refractivity contribution in [2.45, 2.75) is 37.8 Å². The Balaban J connectivity index is 1.42. The zero-order valence-corrected chi connectivity index (χ0v) is 11.3. The van der Waals surface area contributed by atoms with Crippen LogP contribution < -0.4 is 10.2 Å². The molecule has 4 heteroatoms. The second-order valence-corrected chi connectivity index (χ2v) is 5.76. The molecule has 1 aliphatic heterocycles. The lowest BCUT2D eigenvalue weighted by atomic mass is 10.0. The summed E-state index contributed by atoms with van der Waals surface area (Å²) < 4.78 is 0. The molecular formula is C15H23N3O. The third-order valence-corrected chi connectivity index (χ3v) is 4.25. The standard InChI is InChI=1S/C15H23N3O/c19-14(12-4-5-12)11-17-13-6-9-18(10-7-13)15-3-1-2-8-16-15/h1-3,8,12-14,17,19H,4-7,9-11H2. The Kier molecular flexibility index (Phi) is 3.99. The summed E-state index contributed by atoms with van der Waals surface area (Å²) in [5, 5.41) is 13.4. The molecule has 1 unspecified atom stereocenters. The van der Waals surface area contributed by atoms with E-state index in [-0.39, 0.29) is 6.10 Å². The molecule has 0 amide bonds. The molecule has 0 radical (unpaired) electrons. The number of aliphatic hydroxyl groups is 1. The number of anilines is 1. The van der Waals surface area contributed by atoms with E-state index in [0.717, 1.165) is 38.3 Å². The van der Waals surface area contributed by atoms with E-state index in [1.165, 1.54) is 12.8 Å². The molecule has 104 valence electrons. The number of pyridine rings is 1. The minimum atomic E-state index is -0.131. The predicted molar refractivity (Wildman–Crippen MR) is 76.2 cm³/mol. The van der Waals surface area contributed by atoms with Gasteiger partial charge in [-0.1, -0.05) is 6.07 Å². The quantitative estimate of drug-likeness (QED) is 0.841. The van der Waals surface area contributed by atoms with Gasteiger partial charge < -0.3 is 15.3 Å². The van der Waals surface area contributed by atoms with Crippen LogP contribution >= 0.6 is 0 Å². The highest BCUT2D eigenvalue weighted by Gasteiger charge is 2.30. The molecule has 2 N–H and O–H groups in total. The largest absolute Gasteiger partial charge is 0.392 e. The lowest BCUT2D eigenvalue weighted by Crippen LogP contribution is -2.45. The van der Waals surface area contributed by atoms with Gasteiger partial charge in [-0.25, -0.2) is 4.98 Å². The molecule has 2 aliphatic rings. The van der Waals surface area contributed by atoms with Crippen LogP contribution in [0.1, 0.15) is 25.7 Å². The Morgan fingerprint density at radius 2 is 2.05 bits per heavy atom. The summed E-state index contributed by atoms with van der Waals surface area (Å²) in [6.07, 6.45) is 6.41. The number of piperidine rings is 1. The highest BCUT2D eigenvalue weighted by Crippen LogP contribution is 2.32. The number of aromatic nitrogens is 1. The zero-order chi connectivity index (χ0) is 13.1. The van der Waals surface area contributed by atoms with Gasteiger partial charge in [-0.15, -0.1) is 0 Å². The third kappa shape index (κ3) is 3.45. The van der Waals surface area contributed by atoms with Gasteiger partial charge in [0, 0.05) is 31.9 Å². The fourth-order valence-electron chi connectivity index (χ4n) is 2.79. The summed E-state index contributed by atoms with van der Waals surface area (Å²) >= 11 is 0. The van der Waals surface area contributed by atoms with E-state index < -0.39 is 0 Å². The van der Waals surface area contributed by atoms with Crippen LogP contribution in [0, 0.1) is 5.92 Å². The van der Waals surface area contributed by atoms with Crippen LogP contribution in [0.25, 0.3) is 0 Å². The van der Waals surface area contributed by atoms with Crippen molar-refractivity contribution in [3.8, 4) is 0 Å². The van der Waals surface area contributed by atoms with Gasteiger partial charge in [-0.05, 0) is 43.7 Å². The van der Waals surface area contributed by atoms with Crippen LogP contribution in [0.3, 0.4) is 0 Å². The van der Waals surface area contributed by atoms with Crippen molar-refractivity contribution in [3.05, 3.63) is 24.4 Å². The predicted octanol–water partition coefficient (Wildman–Crippen LogP) is 1.41. The van der Waals surface area contributed by atoms with Gasteiger partial charge in [0.1, 0.15) is 5.82 Å². The second kappa shape index (κ2) is 5.88. The third-order valence-electron chi connectivity index (χ3n) is 4.25. The van der Waals surface area contributed by atoms with E-state index in [4.69, 9.17) is 0 Å². The SMILES string of the molecule is OC(CNC1CCN(c2ccccn2)CC1)C1CC1. The first-order valence-electron chi connectivity index (χ1n) is 7.40. The van der Waals surface area contributed by atoms with E-state index in [0.29, 0.717) is 12.0 Å². The molecule has 1 aliphatic carbocycles. The van der Waals surface area contributed by atoms with Crippen molar-refractivity contribution in [1.82, 2.24) is 10.3 Å². The summed E-state index contributed by atoms with van der Waals surface area (Å²) in [7, 11) is 0. The van der Waals surface area contributed by atoms with Crippen molar-refractivity contribution in [1.29, 1.82) is 0 Å². The fraction of sp³-hybridized carbons (Fsp3) is 0.667. The first-order valence-corrected chi connectivity index (χ1v) is 7.40. The molecule has 0 bridgehead atoms. The first-order chi connectivity index (χ1) is 9.33. The molecule has 0 spiro atoms. The summed E-state index contributed by atoms with van der Waals surface area (Å²) in [5.74, 6) is 1.65. The molecule has 4 nitrogen and oxygen atoms in total. The lowest BCUT2D eigenvalue weighted by molar-refractivity contribution is 0.142. The maximum absolute atomic E-state index is 9.87. The number of hydrogen-bond acceptors (Lipinski definition) is 4. The second-order valence-electron chi connectivity index (χ2n) is 5.76. The van der Waals surface area contributed by atoms with Gasteiger partial charge in [0.2, 0.25) is 0 Å². The van der Waals surface area contributed by atoms with Gasteiger partial charge in [0.05, 0.1) is 6.10 Å². The topological polar surface area (TPSA) is 48.4 Å².